The number of amides is 2. The lowest BCUT2D eigenvalue weighted by Gasteiger charge is -2.32. The van der Waals surface area contributed by atoms with Crippen molar-refractivity contribution in [1.82, 2.24) is 4.90 Å². The molecule has 3 aromatic carbocycles. The Labute approximate surface area is 200 Å². The summed E-state index contributed by atoms with van der Waals surface area (Å²) in [6.45, 7) is 5.67. The van der Waals surface area contributed by atoms with Crippen molar-refractivity contribution < 1.29 is 19.1 Å². The fourth-order valence-corrected chi connectivity index (χ4v) is 4.03. The first-order valence-corrected chi connectivity index (χ1v) is 11.7. The number of carbonyl (C=O) groups is 2. The van der Waals surface area contributed by atoms with Gasteiger partial charge in [0, 0.05) is 42.7 Å². The van der Waals surface area contributed by atoms with Gasteiger partial charge < -0.3 is 19.7 Å². The molecule has 1 aliphatic heterocycles. The summed E-state index contributed by atoms with van der Waals surface area (Å²) in [6.07, 6.45) is 1.52. The van der Waals surface area contributed by atoms with Gasteiger partial charge in [-0.3, -0.25) is 9.59 Å². The van der Waals surface area contributed by atoms with Crippen molar-refractivity contribution in [1.29, 1.82) is 0 Å². The van der Waals surface area contributed by atoms with Gasteiger partial charge in [-0.1, -0.05) is 36.4 Å². The number of likely N-dealkylation sites (tertiary alicyclic amines) is 1. The topological polar surface area (TPSA) is 67.9 Å². The van der Waals surface area contributed by atoms with Crippen molar-refractivity contribution >= 4 is 17.5 Å². The van der Waals surface area contributed by atoms with E-state index in [2.05, 4.69) is 5.32 Å². The van der Waals surface area contributed by atoms with E-state index in [0.717, 1.165) is 29.9 Å². The maximum Gasteiger partial charge on any atom is 0.255 e. The zero-order chi connectivity index (χ0) is 23.9. The molecule has 4 rings (SSSR count). The van der Waals surface area contributed by atoms with Crippen molar-refractivity contribution in [2.75, 3.05) is 25.0 Å². The molecule has 6 heteroatoms. The van der Waals surface area contributed by atoms with Crippen LogP contribution in [-0.2, 0) is 0 Å². The summed E-state index contributed by atoms with van der Waals surface area (Å²) >= 11 is 0. The van der Waals surface area contributed by atoms with E-state index in [4.69, 9.17) is 9.47 Å². The highest BCUT2D eigenvalue weighted by Crippen LogP contribution is 2.30. The summed E-state index contributed by atoms with van der Waals surface area (Å²) in [5.41, 5.74) is 2.69. The molecule has 6 nitrogen and oxygen atoms in total. The van der Waals surface area contributed by atoms with Crippen LogP contribution in [0.2, 0.25) is 0 Å². The molecule has 0 aliphatic carbocycles. The van der Waals surface area contributed by atoms with Crippen LogP contribution in [0.25, 0.3) is 0 Å². The summed E-state index contributed by atoms with van der Waals surface area (Å²) in [6, 6.07) is 22.2. The summed E-state index contributed by atoms with van der Waals surface area (Å²) in [5, 5.41) is 2.93. The molecule has 1 saturated heterocycles. The first-order valence-electron chi connectivity index (χ1n) is 11.7. The normalized spacial score (nSPS) is 13.9. The third-order valence-electron chi connectivity index (χ3n) is 5.94. The van der Waals surface area contributed by atoms with Crippen LogP contribution in [0.5, 0.6) is 11.5 Å². The number of para-hydroxylation sites is 2. The molecule has 0 unspecified atom stereocenters. The van der Waals surface area contributed by atoms with Crippen LogP contribution in [0.3, 0.4) is 0 Å². The number of piperidine rings is 1. The first kappa shape index (κ1) is 23.4. The van der Waals surface area contributed by atoms with Crippen LogP contribution in [0, 0.1) is 6.92 Å². The Kier molecular flexibility index (Phi) is 7.48. The van der Waals surface area contributed by atoms with E-state index in [0.29, 0.717) is 36.5 Å². The van der Waals surface area contributed by atoms with Crippen LogP contribution in [0.15, 0.2) is 72.8 Å². The van der Waals surface area contributed by atoms with E-state index in [9.17, 15) is 9.59 Å². The van der Waals surface area contributed by atoms with Crippen LogP contribution in [0.4, 0.5) is 5.69 Å². The van der Waals surface area contributed by atoms with E-state index in [1.165, 1.54) is 0 Å². The number of benzene rings is 3. The molecule has 2 amide bonds. The SMILES string of the molecule is CCOc1ccccc1OC1CCN(C(=O)c2ccc(C)c(NC(=O)c3ccccc3)c2)CC1. The molecule has 3 aromatic rings. The Hall–Kier alpha value is -3.80. The minimum absolute atomic E-state index is 0.0318. The molecule has 0 saturated carbocycles. The number of aryl methyl sites for hydroxylation is 1. The van der Waals surface area contributed by atoms with Gasteiger partial charge in [0.15, 0.2) is 11.5 Å². The highest BCUT2D eigenvalue weighted by atomic mass is 16.5. The largest absolute Gasteiger partial charge is 0.490 e. The molecule has 1 heterocycles. The quantitative estimate of drug-likeness (QED) is 0.520. The Morgan fingerprint density at radius 1 is 0.912 bits per heavy atom. The second kappa shape index (κ2) is 10.9. The standard InChI is InChI=1S/C28H30N2O4/c1-3-33-25-11-7-8-12-26(25)34-23-15-17-30(18-16-23)28(32)22-14-13-20(2)24(19-22)29-27(31)21-9-5-4-6-10-21/h4-14,19,23H,3,15-18H2,1-2H3,(H,29,31). The smallest absolute Gasteiger partial charge is 0.255 e. The average molecular weight is 459 g/mol. The van der Waals surface area contributed by atoms with E-state index < -0.39 is 0 Å². The fourth-order valence-electron chi connectivity index (χ4n) is 4.03. The number of hydrogen-bond donors (Lipinski definition) is 1. The third kappa shape index (κ3) is 5.57. The zero-order valence-corrected chi connectivity index (χ0v) is 19.6. The molecule has 1 fully saturated rings. The summed E-state index contributed by atoms with van der Waals surface area (Å²) in [5.74, 6) is 1.25. The Morgan fingerprint density at radius 3 is 2.29 bits per heavy atom. The number of carbonyl (C=O) groups excluding carboxylic acids is 2. The number of anilines is 1. The predicted octanol–water partition coefficient (Wildman–Crippen LogP) is 5.33. The van der Waals surface area contributed by atoms with Crippen LogP contribution in [0.1, 0.15) is 46.0 Å². The zero-order valence-electron chi connectivity index (χ0n) is 19.6. The third-order valence-corrected chi connectivity index (χ3v) is 5.94. The van der Waals surface area contributed by atoms with Crippen molar-refractivity contribution in [3.63, 3.8) is 0 Å². The van der Waals surface area contributed by atoms with E-state index in [-0.39, 0.29) is 17.9 Å². The van der Waals surface area contributed by atoms with Gasteiger partial charge in [0.05, 0.1) is 6.61 Å². The van der Waals surface area contributed by atoms with Crippen LogP contribution in [-0.4, -0.2) is 42.5 Å². The van der Waals surface area contributed by atoms with Crippen molar-refractivity contribution in [3.05, 3.63) is 89.5 Å². The molecular formula is C28H30N2O4. The summed E-state index contributed by atoms with van der Waals surface area (Å²) in [4.78, 5) is 27.6. The number of nitrogens with zero attached hydrogens (tertiary/aromatic N) is 1. The second-order valence-electron chi connectivity index (χ2n) is 8.34. The summed E-state index contributed by atoms with van der Waals surface area (Å²) < 4.78 is 11.8. The number of nitrogens with one attached hydrogen (secondary N) is 1. The Morgan fingerprint density at radius 2 is 1.59 bits per heavy atom. The van der Waals surface area contributed by atoms with Gasteiger partial charge in [-0.25, -0.2) is 0 Å². The van der Waals surface area contributed by atoms with E-state index >= 15 is 0 Å². The predicted molar refractivity (Wildman–Crippen MR) is 133 cm³/mol. The maximum atomic E-state index is 13.2. The first-order chi connectivity index (χ1) is 16.5. The molecule has 1 aliphatic rings. The Balaban J connectivity index is 1.38. The lowest BCUT2D eigenvalue weighted by molar-refractivity contribution is 0.0589. The number of ether oxygens (including phenoxy) is 2. The highest BCUT2D eigenvalue weighted by Gasteiger charge is 2.26. The van der Waals surface area contributed by atoms with Crippen molar-refractivity contribution in [3.8, 4) is 11.5 Å². The second-order valence-corrected chi connectivity index (χ2v) is 8.34. The van der Waals surface area contributed by atoms with Gasteiger partial charge >= 0.3 is 0 Å². The van der Waals surface area contributed by atoms with Gasteiger partial charge in [-0.15, -0.1) is 0 Å². The minimum Gasteiger partial charge on any atom is -0.490 e. The molecule has 0 bridgehead atoms. The van der Waals surface area contributed by atoms with Gasteiger partial charge in [-0.05, 0) is 55.8 Å². The lowest BCUT2D eigenvalue weighted by Crippen LogP contribution is -2.41. The monoisotopic (exact) mass is 458 g/mol. The fraction of sp³-hybridized carbons (Fsp3) is 0.286. The maximum absolute atomic E-state index is 13.2. The Bertz CT molecular complexity index is 1140. The minimum atomic E-state index is -0.196. The lowest BCUT2D eigenvalue weighted by atomic mass is 10.0. The van der Waals surface area contributed by atoms with Crippen LogP contribution >= 0.6 is 0 Å². The highest BCUT2D eigenvalue weighted by molar-refractivity contribution is 6.05. The van der Waals surface area contributed by atoms with Crippen molar-refractivity contribution in [2.24, 2.45) is 0 Å². The molecule has 0 spiro atoms. The van der Waals surface area contributed by atoms with Crippen LogP contribution < -0.4 is 14.8 Å². The number of hydrogen-bond acceptors (Lipinski definition) is 4. The van der Waals surface area contributed by atoms with Gasteiger partial charge in [0.1, 0.15) is 6.10 Å². The molecule has 0 aromatic heterocycles. The molecular weight excluding hydrogens is 428 g/mol. The summed E-state index contributed by atoms with van der Waals surface area (Å²) in [7, 11) is 0. The van der Waals surface area contributed by atoms with E-state index in [1.807, 2.05) is 73.3 Å². The molecule has 34 heavy (non-hydrogen) atoms. The van der Waals surface area contributed by atoms with Gasteiger partial charge in [0.2, 0.25) is 0 Å². The van der Waals surface area contributed by atoms with E-state index in [1.54, 1.807) is 18.2 Å². The molecule has 0 atom stereocenters. The number of rotatable bonds is 7. The molecule has 1 N–H and O–H groups in total. The van der Waals surface area contributed by atoms with Crippen molar-refractivity contribution in [2.45, 2.75) is 32.8 Å². The molecule has 176 valence electrons. The average Bonchev–Trinajstić information content (AvgIpc) is 2.87. The van der Waals surface area contributed by atoms with Gasteiger partial charge in [-0.2, -0.15) is 0 Å². The van der Waals surface area contributed by atoms with Gasteiger partial charge in [0.25, 0.3) is 11.8 Å². The molecule has 0 radical (unpaired) electrons.